The van der Waals surface area contributed by atoms with Crippen molar-refractivity contribution in [2.75, 3.05) is 0 Å². The first-order chi connectivity index (χ1) is 8.91. The van der Waals surface area contributed by atoms with Crippen LogP contribution >= 0.6 is 15.9 Å². The summed E-state index contributed by atoms with van der Waals surface area (Å²) in [5.74, 6) is -1.21. The van der Waals surface area contributed by atoms with Crippen LogP contribution in [0.4, 0.5) is 13.2 Å². The molecule has 0 saturated carbocycles. The Labute approximate surface area is 114 Å². The first-order valence-corrected chi connectivity index (χ1v) is 5.85. The number of alkyl halides is 3. The molecule has 0 aliphatic heterocycles. The molecule has 0 aliphatic carbocycles. The van der Waals surface area contributed by atoms with Gasteiger partial charge in [0.2, 0.25) is 5.82 Å². The average Bonchev–Trinajstić information content (AvgIpc) is 2.37. The van der Waals surface area contributed by atoms with E-state index in [1.54, 1.807) is 18.2 Å². The minimum atomic E-state index is -4.58. The molecule has 0 amide bonds. The van der Waals surface area contributed by atoms with Crippen molar-refractivity contribution in [2.24, 2.45) is 0 Å². The van der Waals surface area contributed by atoms with Crippen molar-refractivity contribution in [1.82, 2.24) is 9.97 Å². The van der Waals surface area contributed by atoms with E-state index in [0.717, 1.165) is 12.4 Å². The number of benzene rings is 1. The summed E-state index contributed by atoms with van der Waals surface area (Å²) in [6.07, 6.45) is -1.86. The Morgan fingerprint density at radius 3 is 2.32 bits per heavy atom. The van der Waals surface area contributed by atoms with Crippen LogP contribution in [0, 0.1) is 0 Å². The molecule has 0 atom stereocenters. The van der Waals surface area contributed by atoms with Crippen LogP contribution in [-0.4, -0.2) is 16.3 Å². The summed E-state index contributed by atoms with van der Waals surface area (Å²) in [5.41, 5.74) is 1.17. The summed E-state index contributed by atoms with van der Waals surface area (Å²) in [7, 11) is 0. The van der Waals surface area contributed by atoms with Gasteiger partial charge in [-0.1, -0.05) is 22.0 Å². The van der Waals surface area contributed by atoms with Gasteiger partial charge in [-0.15, -0.1) is 0 Å². The molecule has 0 N–H and O–H groups in total. The second-order valence-corrected chi connectivity index (χ2v) is 4.56. The highest BCUT2D eigenvalue weighted by atomic mass is 79.9. The highest BCUT2D eigenvalue weighted by molar-refractivity contribution is 9.10. The number of carbonyl (C=O) groups excluding carboxylic acids is 1. The van der Waals surface area contributed by atoms with Gasteiger partial charge in [0.1, 0.15) is 0 Å². The second kappa shape index (κ2) is 5.08. The minimum absolute atomic E-state index is 0.345. The maximum absolute atomic E-state index is 12.3. The van der Waals surface area contributed by atoms with Crippen LogP contribution in [-0.2, 0) is 6.18 Å². The van der Waals surface area contributed by atoms with E-state index in [9.17, 15) is 18.0 Å². The van der Waals surface area contributed by atoms with Crippen molar-refractivity contribution in [3.05, 3.63) is 46.5 Å². The number of aromatic nitrogens is 2. The summed E-state index contributed by atoms with van der Waals surface area (Å²) in [5, 5.41) is 0. The van der Waals surface area contributed by atoms with Crippen molar-refractivity contribution < 1.29 is 18.0 Å². The van der Waals surface area contributed by atoms with Crippen LogP contribution in [0.5, 0.6) is 0 Å². The van der Waals surface area contributed by atoms with E-state index in [-0.39, 0.29) is 0 Å². The Balaban J connectivity index is 2.46. The molecule has 1 aromatic carbocycles. The Hall–Kier alpha value is -1.76. The molecule has 7 heteroatoms. The molecule has 3 nitrogen and oxygen atoms in total. The van der Waals surface area contributed by atoms with Crippen molar-refractivity contribution in [3.8, 4) is 11.1 Å². The van der Waals surface area contributed by atoms with Gasteiger partial charge < -0.3 is 0 Å². The number of nitrogens with zero attached hydrogens (tertiary/aromatic N) is 2. The topological polar surface area (TPSA) is 42.9 Å². The van der Waals surface area contributed by atoms with Gasteiger partial charge >= 0.3 is 6.18 Å². The minimum Gasteiger partial charge on any atom is -0.298 e. The third-order valence-corrected chi connectivity index (χ3v) is 2.85. The van der Waals surface area contributed by atoms with Gasteiger partial charge in [-0.3, -0.25) is 4.79 Å². The van der Waals surface area contributed by atoms with Gasteiger partial charge in [0.05, 0.1) is 0 Å². The van der Waals surface area contributed by atoms with Crippen LogP contribution < -0.4 is 0 Å². The second-order valence-electron chi connectivity index (χ2n) is 3.64. The lowest BCUT2D eigenvalue weighted by Crippen LogP contribution is -2.10. The van der Waals surface area contributed by atoms with Crippen molar-refractivity contribution in [1.29, 1.82) is 0 Å². The number of rotatable bonds is 2. The van der Waals surface area contributed by atoms with E-state index in [2.05, 4.69) is 25.9 Å². The van der Waals surface area contributed by atoms with Crippen molar-refractivity contribution in [3.63, 3.8) is 0 Å². The Bertz CT molecular complexity index is 611. The normalized spacial score (nSPS) is 11.4. The molecular weight excluding hydrogens is 325 g/mol. The maximum Gasteiger partial charge on any atom is 0.451 e. The Morgan fingerprint density at radius 2 is 1.79 bits per heavy atom. The van der Waals surface area contributed by atoms with Gasteiger partial charge in [-0.05, 0) is 17.7 Å². The third-order valence-electron chi connectivity index (χ3n) is 2.36. The molecule has 98 valence electrons. The number of carbonyl (C=O) groups is 1. The van der Waals surface area contributed by atoms with Gasteiger partial charge in [0, 0.05) is 28.0 Å². The van der Waals surface area contributed by atoms with E-state index < -0.39 is 12.0 Å². The van der Waals surface area contributed by atoms with Gasteiger partial charge in [0.15, 0.2) is 6.29 Å². The van der Waals surface area contributed by atoms with E-state index in [0.29, 0.717) is 27.4 Å². The molecule has 0 aliphatic rings. The number of hydrogen-bond acceptors (Lipinski definition) is 3. The van der Waals surface area contributed by atoms with Gasteiger partial charge in [-0.25, -0.2) is 9.97 Å². The standard InChI is InChI=1S/C12H6BrF3N2O/c13-9-1-2-10(7(3-9)6-19)8-4-17-11(18-5-8)12(14,15)16/h1-6H. The molecule has 1 heterocycles. The van der Waals surface area contributed by atoms with Crippen LogP contribution in [0.25, 0.3) is 11.1 Å². The summed E-state index contributed by atoms with van der Waals surface area (Å²) in [4.78, 5) is 17.5. The predicted octanol–water partition coefficient (Wildman–Crippen LogP) is 3.74. The number of aldehydes is 1. The van der Waals surface area contributed by atoms with E-state index >= 15 is 0 Å². The molecule has 0 saturated heterocycles. The summed E-state index contributed by atoms with van der Waals surface area (Å²) in [6, 6.07) is 4.86. The van der Waals surface area contributed by atoms with E-state index in [1.807, 2.05) is 0 Å². The lowest BCUT2D eigenvalue weighted by atomic mass is 10.0. The SMILES string of the molecule is O=Cc1cc(Br)ccc1-c1cnc(C(F)(F)F)nc1. The average molecular weight is 331 g/mol. The molecule has 0 unspecified atom stereocenters. The van der Waals surface area contributed by atoms with Gasteiger partial charge in [0.25, 0.3) is 0 Å². The van der Waals surface area contributed by atoms with Crippen LogP contribution in [0.3, 0.4) is 0 Å². The van der Waals surface area contributed by atoms with E-state index in [1.165, 1.54) is 0 Å². The highest BCUT2D eigenvalue weighted by Crippen LogP contribution is 2.28. The quantitative estimate of drug-likeness (QED) is 0.788. The zero-order valence-electron chi connectivity index (χ0n) is 9.28. The van der Waals surface area contributed by atoms with Crippen molar-refractivity contribution in [2.45, 2.75) is 6.18 Å². The number of hydrogen-bond donors (Lipinski definition) is 0. The molecule has 0 spiro atoms. The monoisotopic (exact) mass is 330 g/mol. The van der Waals surface area contributed by atoms with Crippen molar-refractivity contribution >= 4 is 22.2 Å². The fraction of sp³-hybridized carbons (Fsp3) is 0.0833. The molecule has 0 fully saturated rings. The fourth-order valence-electron chi connectivity index (χ4n) is 1.51. The Morgan fingerprint density at radius 1 is 1.16 bits per heavy atom. The first kappa shape index (κ1) is 13.7. The van der Waals surface area contributed by atoms with Gasteiger partial charge in [-0.2, -0.15) is 13.2 Å². The summed E-state index contributed by atoms with van der Waals surface area (Å²) < 4.78 is 37.7. The largest absolute Gasteiger partial charge is 0.451 e. The molecule has 1 aromatic heterocycles. The maximum atomic E-state index is 12.3. The molecule has 2 rings (SSSR count). The summed E-state index contributed by atoms with van der Waals surface area (Å²) in [6.45, 7) is 0. The van der Waals surface area contributed by atoms with Crippen LogP contribution in [0.15, 0.2) is 35.1 Å². The Kier molecular flexibility index (Phi) is 3.66. The highest BCUT2D eigenvalue weighted by Gasteiger charge is 2.34. The molecule has 2 aromatic rings. The van der Waals surface area contributed by atoms with E-state index in [4.69, 9.17) is 0 Å². The summed E-state index contributed by atoms with van der Waals surface area (Å²) >= 11 is 3.21. The molecule has 0 radical (unpaired) electrons. The lowest BCUT2D eigenvalue weighted by Gasteiger charge is -2.07. The smallest absolute Gasteiger partial charge is 0.298 e. The third kappa shape index (κ3) is 2.98. The lowest BCUT2D eigenvalue weighted by molar-refractivity contribution is -0.144. The first-order valence-electron chi connectivity index (χ1n) is 5.06. The fourth-order valence-corrected chi connectivity index (χ4v) is 1.89. The van der Waals surface area contributed by atoms with Crippen LogP contribution in [0.2, 0.25) is 0 Å². The molecule has 0 bridgehead atoms. The molecular formula is C12H6BrF3N2O. The number of halogens is 4. The predicted molar refractivity (Wildman–Crippen MR) is 65.6 cm³/mol. The molecule has 19 heavy (non-hydrogen) atoms. The zero-order chi connectivity index (χ0) is 14.0. The zero-order valence-corrected chi connectivity index (χ0v) is 10.9. The van der Waals surface area contributed by atoms with Crippen LogP contribution in [0.1, 0.15) is 16.2 Å².